The molecule has 0 aliphatic rings. The maximum atomic E-state index is 5.12. The Balaban J connectivity index is 1.94. The maximum Gasteiger partial charge on any atom is 0.0692 e. The zero-order chi connectivity index (χ0) is 9.36. The molecule has 1 rings (SSSR count). The molecule has 70 valence electrons. The monoisotopic (exact) mass is 178 g/mol. The second kappa shape index (κ2) is 6.21. The number of unbranched alkanes of at least 4 members (excludes halogenated alkanes) is 1. The second-order valence-electron chi connectivity index (χ2n) is 2.72. The topological polar surface area (TPSA) is 42.7 Å². The molecule has 0 amide bonds. The molecule has 0 atom stereocenters. The molecule has 1 aromatic rings. The molecule has 0 radical (unpaired) electrons. The Kier molecular flexibility index (Phi) is 4.65. The summed E-state index contributed by atoms with van der Waals surface area (Å²) >= 11 is 0. The lowest BCUT2D eigenvalue weighted by Gasteiger charge is -2.02. The van der Waals surface area contributed by atoms with Gasteiger partial charge in [0, 0.05) is 19.2 Å². The normalized spacial score (nSPS) is 9.77. The number of hydrogen-bond acceptors (Lipinski definition) is 3. The first-order valence-corrected chi connectivity index (χ1v) is 4.42. The fraction of sp³-hybridized carbons (Fsp3) is 0.556. The van der Waals surface area contributed by atoms with Crippen LogP contribution in [0, 0.1) is 12.3 Å². The van der Waals surface area contributed by atoms with Crippen molar-refractivity contribution in [3.8, 4) is 12.3 Å². The third-order valence-electron chi connectivity index (χ3n) is 1.66. The summed E-state index contributed by atoms with van der Waals surface area (Å²) in [6.07, 6.45) is 10.5. The fourth-order valence-corrected chi connectivity index (χ4v) is 0.986. The largest absolute Gasteiger partial charge is 0.315 e. The second-order valence-corrected chi connectivity index (χ2v) is 2.72. The lowest BCUT2D eigenvalue weighted by molar-refractivity contribution is 0.536. The summed E-state index contributed by atoms with van der Waals surface area (Å²) in [6.45, 7) is 2.74. The van der Waals surface area contributed by atoms with Crippen LogP contribution in [0.5, 0.6) is 0 Å². The SMILES string of the molecule is C#CCCCNCCn1ccnn1. The Labute approximate surface area is 78.3 Å². The highest BCUT2D eigenvalue weighted by molar-refractivity contribution is 4.83. The van der Waals surface area contributed by atoms with Crippen molar-refractivity contribution in [1.82, 2.24) is 20.3 Å². The van der Waals surface area contributed by atoms with Crippen molar-refractivity contribution in [3.05, 3.63) is 12.4 Å². The maximum absolute atomic E-state index is 5.12. The molecular weight excluding hydrogens is 164 g/mol. The van der Waals surface area contributed by atoms with Crippen molar-refractivity contribution >= 4 is 0 Å². The van der Waals surface area contributed by atoms with Crippen LogP contribution in [0.25, 0.3) is 0 Å². The molecule has 0 aromatic carbocycles. The van der Waals surface area contributed by atoms with E-state index < -0.39 is 0 Å². The van der Waals surface area contributed by atoms with E-state index in [9.17, 15) is 0 Å². The van der Waals surface area contributed by atoms with Gasteiger partial charge >= 0.3 is 0 Å². The number of rotatable bonds is 6. The molecule has 0 fully saturated rings. The molecule has 0 unspecified atom stereocenters. The van der Waals surface area contributed by atoms with E-state index in [1.807, 2.05) is 6.20 Å². The number of nitrogens with one attached hydrogen (secondary N) is 1. The first-order chi connectivity index (χ1) is 6.43. The highest BCUT2D eigenvalue weighted by Crippen LogP contribution is 1.83. The van der Waals surface area contributed by atoms with E-state index in [4.69, 9.17) is 6.42 Å². The minimum Gasteiger partial charge on any atom is -0.315 e. The van der Waals surface area contributed by atoms with Crippen molar-refractivity contribution in [3.63, 3.8) is 0 Å². The average molecular weight is 178 g/mol. The van der Waals surface area contributed by atoms with Crippen LogP contribution in [0.2, 0.25) is 0 Å². The summed E-state index contributed by atoms with van der Waals surface area (Å²) in [7, 11) is 0. The Morgan fingerprint density at radius 2 is 2.38 bits per heavy atom. The lowest BCUT2D eigenvalue weighted by atomic mass is 10.3. The standard InChI is InChI=1S/C9H14N4/c1-2-3-4-5-10-6-8-13-9-7-11-12-13/h1,7,9-10H,3-6,8H2. The number of nitrogens with zero attached hydrogens (tertiary/aromatic N) is 3. The van der Waals surface area contributed by atoms with Crippen molar-refractivity contribution in [1.29, 1.82) is 0 Å². The molecule has 0 saturated heterocycles. The van der Waals surface area contributed by atoms with Crippen LogP contribution in [-0.2, 0) is 6.54 Å². The van der Waals surface area contributed by atoms with E-state index in [0.717, 1.165) is 32.5 Å². The van der Waals surface area contributed by atoms with Gasteiger partial charge in [-0.1, -0.05) is 5.21 Å². The summed E-state index contributed by atoms with van der Waals surface area (Å²) in [6, 6.07) is 0. The average Bonchev–Trinajstić information content (AvgIpc) is 2.63. The molecule has 0 aliphatic carbocycles. The lowest BCUT2D eigenvalue weighted by Crippen LogP contribution is -2.21. The van der Waals surface area contributed by atoms with Gasteiger partial charge < -0.3 is 5.32 Å². The van der Waals surface area contributed by atoms with Gasteiger partial charge in [-0.15, -0.1) is 17.4 Å². The Morgan fingerprint density at radius 1 is 1.46 bits per heavy atom. The molecule has 1 heterocycles. The highest BCUT2D eigenvalue weighted by Gasteiger charge is 1.90. The molecule has 13 heavy (non-hydrogen) atoms. The van der Waals surface area contributed by atoms with Crippen LogP contribution in [0.1, 0.15) is 12.8 Å². The van der Waals surface area contributed by atoms with Crippen LogP contribution < -0.4 is 5.32 Å². The summed E-state index contributed by atoms with van der Waals surface area (Å²) in [5.41, 5.74) is 0. The van der Waals surface area contributed by atoms with E-state index in [1.165, 1.54) is 0 Å². The predicted octanol–water partition coefficient (Wildman–Crippen LogP) is 0.281. The third-order valence-corrected chi connectivity index (χ3v) is 1.66. The van der Waals surface area contributed by atoms with E-state index in [2.05, 4.69) is 21.5 Å². The number of aromatic nitrogens is 3. The minimum absolute atomic E-state index is 0.844. The third kappa shape index (κ3) is 4.28. The smallest absolute Gasteiger partial charge is 0.0692 e. The van der Waals surface area contributed by atoms with Crippen LogP contribution in [0.3, 0.4) is 0 Å². The van der Waals surface area contributed by atoms with Crippen LogP contribution in [0.4, 0.5) is 0 Å². The van der Waals surface area contributed by atoms with E-state index in [0.29, 0.717) is 0 Å². The molecule has 4 nitrogen and oxygen atoms in total. The van der Waals surface area contributed by atoms with Crippen molar-refractivity contribution in [2.75, 3.05) is 13.1 Å². The van der Waals surface area contributed by atoms with Gasteiger partial charge in [-0.25, -0.2) is 0 Å². The Hall–Kier alpha value is -1.34. The van der Waals surface area contributed by atoms with Gasteiger partial charge in [0.15, 0.2) is 0 Å². The van der Waals surface area contributed by atoms with Gasteiger partial charge in [0.1, 0.15) is 0 Å². The predicted molar refractivity (Wildman–Crippen MR) is 51.0 cm³/mol. The quantitative estimate of drug-likeness (QED) is 0.502. The zero-order valence-corrected chi connectivity index (χ0v) is 7.61. The van der Waals surface area contributed by atoms with Crippen LogP contribution in [0.15, 0.2) is 12.4 Å². The molecule has 1 aromatic heterocycles. The van der Waals surface area contributed by atoms with E-state index >= 15 is 0 Å². The highest BCUT2D eigenvalue weighted by atomic mass is 15.4. The van der Waals surface area contributed by atoms with Gasteiger partial charge in [-0.2, -0.15) is 0 Å². The van der Waals surface area contributed by atoms with Gasteiger partial charge in [0.05, 0.1) is 12.7 Å². The fourth-order valence-electron chi connectivity index (χ4n) is 0.986. The van der Waals surface area contributed by atoms with Gasteiger partial charge in [0.25, 0.3) is 0 Å². The molecular formula is C9H14N4. The van der Waals surface area contributed by atoms with Crippen LogP contribution in [-0.4, -0.2) is 28.1 Å². The van der Waals surface area contributed by atoms with Crippen molar-refractivity contribution in [2.45, 2.75) is 19.4 Å². The first kappa shape index (κ1) is 9.75. The van der Waals surface area contributed by atoms with Crippen molar-refractivity contribution < 1.29 is 0 Å². The minimum atomic E-state index is 0.844. The zero-order valence-electron chi connectivity index (χ0n) is 7.61. The molecule has 4 heteroatoms. The molecule has 0 spiro atoms. The Morgan fingerprint density at radius 3 is 3.08 bits per heavy atom. The molecule has 0 bridgehead atoms. The summed E-state index contributed by atoms with van der Waals surface area (Å²) in [5, 5.41) is 10.8. The van der Waals surface area contributed by atoms with E-state index in [-0.39, 0.29) is 0 Å². The first-order valence-electron chi connectivity index (χ1n) is 4.42. The van der Waals surface area contributed by atoms with Crippen LogP contribution >= 0.6 is 0 Å². The molecule has 1 N–H and O–H groups in total. The van der Waals surface area contributed by atoms with Gasteiger partial charge in [0.2, 0.25) is 0 Å². The number of terminal acetylenes is 1. The number of hydrogen-bond donors (Lipinski definition) is 1. The van der Waals surface area contributed by atoms with Gasteiger partial charge in [-0.3, -0.25) is 4.68 Å². The van der Waals surface area contributed by atoms with Crippen molar-refractivity contribution in [2.24, 2.45) is 0 Å². The van der Waals surface area contributed by atoms with E-state index in [1.54, 1.807) is 10.9 Å². The summed E-state index contributed by atoms with van der Waals surface area (Å²) in [4.78, 5) is 0. The molecule has 0 aliphatic heterocycles. The summed E-state index contributed by atoms with van der Waals surface area (Å²) in [5.74, 6) is 2.60. The van der Waals surface area contributed by atoms with Gasteiger partial charge in [-0.05, 0) is 13.0 Å². The summed E-state index contributed by atoms with van der Waals surface area (Å²) < 4.78 is 1.80. The Bertz CT molecular complexity index is 247. The molecule has 0 saturated carbocycles.